The van der Waals surface area contributed by atoms with Crippen molar-refractivity contribution >= 4 is 50.2 Å². The monoisotopic (exact) mass is 490 g/mol. The van der Waals surface area contributed by atoms with E-state index in [4.69, 9.17) is 16.6 Å². The molecule has 0 bridgehead atoms. The third kappa shape index (κ3) is 4.68. The molecule has 0 spiro atoms. The Hall–Kier alpha value is -2.38. The van der Waals surface area contributed by atoms with E-state index in [0.717, 1.165) is 10.9 Å². The lowest BCUT2D eigenvalue weighted by Crippen LogP contribution is -2.40. The highest BCUT2D eigenvalue weighted by Gasteiger charge is 2.25. The molecule has 3 rings (SSSR count). The van der Waals surface area contributed by atoms with Gasteiger partial charge < -0.3 is 10.2 Å². The zero-order valence-corrected chi connectivity index (χ0v) is 19.5. The van der Waals surface area contributed by atoms with Gasteiger partial charge in [0.05, 0.1) is 16.9 Å². The largest absolute Gasteiger partial charge is 0.322 e. The Morgan fingerprint density at radius 1 is 1.27 bits per heavy atom. The molecule has 1 aromatic heterocycles. The molecule has 2 aromatic carbocycles. The van der Waals surface area contributed by atoms with Crippen LogP contribution in [0.4, 0.5) is 10.5 Å². The number of anilines is 1. The molecule has 1 atom stereocenters. The van der Waals surface area contributed by atoms with Crippen molar-refractivity contribution in [3.63, 3.8) is 0 Å². The average Bonchev–Trinajstić information content (AvgIpc) is 2.71. The van der Waals surface area contributed by atoms with Crippen LogP contribution in [0.2, 0.25) is 5.02 Å². The van der Waals surface area contributed by atoms with Crippen LogP contribution in [-0.4, -0.2) is 27.0 Å². The molecule has 0 aliphatic rings. The lowest BCUT2D eigenvalue weighted by molar-refractivity contribution is 0.188. The van der Waals surface area contributed by atoms with E-state index in [1.54, 1.807) is 27.7 Å². The fourth-order valence-electron chi connectivity index (χ4n) is 3.45. The number of benzene rings is 2. The van der Waals surface area contributed by atoms with Crippen LogP contribution in [0.25, 0.3) is 10.9 Å². The Bertz CT molecular complexity index is 1130. The highest BCUT2D eigenvalue weighted by molar-refractivity contribution is 9.10. The quantitative estimate of drug-likeness (QED) is 0.471. The summed E-state index contributed by atoms with van der Waals surface area (Å²) in [4.78, 5) is 32.6. The molecule has 0 saturated carbocycles. The molecule has 158 valence electrons. The molecular weight excluding hydrogens is 468 g/mol. The number of urea groups is 1. The zero-order valence-electron chi connectivity index (χ0n) is 17.2. The summed E-state index contributed by atoms with van der Waals surface area (Å²) in [6.45, 7) is 6.77. The number of hydrogen-bond donors (Lipinski definition) is 1. The van der Waals surface area contributed by atoms with Gasteiger partial charge in [-0.2, -0.15) is 0 Å². The second-order valence-corrected chi connectivity index (χ2v) is 8.34. The van der Waals surface area contributed by atoms with Gasteiger partial charge in [-0.1, -0.05) is 40.5 Å². The number of rotatable bonds is 6. The predicted molar refractivity (Wildman–Crippen MR) is 125 cm³/mol. The second-order valence-electron chi connectivity index (χ2n) is 6.99. The third-order valence-corrected chi connectivity index (χ3v) is 5.63. The summed E-state index contributed by atoms with van der Waals surface area (Å²) < 4.78 is 2.49. The number of hydrogen-bond acceptors (Lipinski definition) is 3. The molecule has 0 fully saturated rings. The van der Waals surface area contributed by atoms with Gasteiger partial charge in [-0.3, -0.25) is 9.36 Å². The van der Waals surface area contributed by atoms with E-state index in [1.165, 1.54) is 0 Å². The minimum absolute atomic E-state index is 0.157. The number of fused-ring (bicyclic) bond motifs is 1. The van der Waals surface area contributed by atoms with Crippen LogP contribution in [0.3, 0.4) is 0 Å². The third-order valence-electron chi connectivity index (χ3n) is 4.90. The predicted octanol–water partition coefficient (Wildman–Crippen LogP) is 5.84. The lowest BCUT2D eigenvalue weighted by Gasteiger charge is -2.30. The van der Waals surface area contributed by atoms with Gasteiger partial charge in [0, 0.05) is 28.3 Å². The number of halogens is 2. The number of carbonyl (C=O) groups is 1. The van der Waals surface area contributed by atoms with Crippen molar-refractivity contribution in [2.45, 2.75) is 39.8 Å². The van der Waals surface area contributed by atoms with Crippen LogP contribution >= 0.6 is 27.5 Å². The van der Waals surface area contributed by atoms with Gasteiger partial charge >= 0.3 is 6.03 Å². The molecule has 3 aromatic rings. The van der Waals surface area contributed by atoms with Crippen molar-refractivity contribution in [1.29, 1.82) is 0 Å². The smallest absolute Gasteiger partial charge is 0.315 e. The minimum atomic E-state index is -0.398. The molecule has 2 amide bonds. The van der Waals surface area contributed by atoms with Gasteiger partial charge in [0.15, 0.2) is 0 Å². The van der Waals surface area contributed by atoms with Crippen molar-refractivity contribution in [3.8, 4) is 0 Å². The molecule has 30 heavy (non-hydrogen) atoms. The Labute approximate surface area is 189 Å². The standard InChI is InChI=1S/C22H24BrClN4O2/c1-4-11-28(22(30)25-17-8-6-7-15(23)12-17)14(3)20-26-19-10-9-16(24)13-18(19)21(29)27(20)5-2/h6-10,12-14H,4-5,11H2,1-3H3,(H,25,30). The molecular formula is C22H24BrClN4O2. The van der Waals surface area contributed by atoms with Gasteiger partial charge in [0.2, 0.25) is 0 Å². The number of carbonyl (C=O) groups excluding carboxylic acids is 1. The molecule has 0 radical (unpaired) electrons. The Morgan fingerprint density at radius 2 is 2.03 bits per heavy atom. The van der Waals surface area contributed by atoms with E-state index < -0.39 is 6.04 Å². The highest BCUT2D eigenvalue weighted by atomic mass is 79.9. The molecule has 1 N–H and O–H groups in total. The van der Waals surface area contributed by atoms with Crippen molar-refractivity contribution in [2.24, 2.45) is 0 Å². The van der Waals surface area contributed by atoms with E-state index in [-0.39, 0.29) is 11.6 Å². The van der Waals surface area contributed by atoms with E-state index >= 15 is 0 Å². The second kappa shape index (κ2) is 9.62. The summed E-state index contributed by atoms with van der Waals surface area (Å²) in [5.41, 5.74) is 1.10. The molecule has 0 aliphatic carbocycles. The topological polar surface area (TPSA) is 67.2 Å². The number of aromatic nitrogens is 2. The summed E-state index contributed by atoms with van der Waals surface area (Å²) >= 11 is 9.49. The minimum Gasteiger partial charge on any atom is -0.315 e. The first kappa shape index (κ1) is 22.3. The molecule has 1 heterocycles. The van der Waals surface area contributed by atoms with E-state index in [2.05, 4.69) is 21.2 Å². The first-order valence-corrected chi connectivity index (χ1v) is 11.1. The summed E-state index contributed by atoms with van der Waals surface area (Å²) in [7, 11) is 0. The SMILES string of the molecule is CCCN(C(=O)Nc1cccc(Br)c1)C(C)c1nc2ccc(Cl)cc2c(=O)n1CC. The molecule has 1 unspecified atom stereocenters. The summed E-state index contributed by atoms with van der Waals surface area (Å²) in [6.07, 6.45) is 0.774. The van der Waals surface area contributed by atoms with E-state index in [0.29, 0.717) is 40.5 Å². The van der Waals surface area contributed by atoms with Gasteiger partial charge in [-0.15, -0.1) is 0 Å². The van der Waals surface area contributed by atoms with Crippen LogP contribution in [0.15, 0.2) is 51.7 Å². The van der Waals surface area contributed by atoms with Gasteiger partial charge in [0.1, 0.15) is 5.82 Å². The van der Waals surface area contributed by atoms with Crippen molar-refractivity contribution in [3.05, 3.63) is 68.1 Å². The molecule has 6 nitrogen and oxygen atoms in total. The van der Waals surface area contributed by atoms with Crippen LogP contribution in [0.1, 0.15) is 39.1 Å². The first-order valence-electron chi connectivity index (χ1n) is 9.88. The number of nitrogens with one attached hydrogen (secondary N) is 1. The fraction of sp³-hybridized carbons (Fsp3) is 0.318. The molecule has 0 aliphatic heterocycles. The molecule has 8 heteroatoms. The van der Waals surface area contributed by atoms with Crippen molar-refractivity contribution in [1.82, 2.24) is 14.5 Å². The lowest BCUT2D eigenvalue weighted by atomic mass is 10.2. The number of nitrogens with zero attached hydrogens (tertiary/aromatic N) is 3. The Kier molecular flexibility index (Phi) is 7.15. The van der Waals surface area contributed by atoms with Crippen LogP contribution in [0.5, 0.6) is 0 Å². The van der Waals surface area contributed by atoms with Crippen molar-refractivity contribution in [2.75, 3.05) is 11.9 Å². The van der Waals surface area contributed by atoms with Crippen molar-refractivity contribution < 1.29 is 4.79 Å². The summed E-state index contributed by atoms with van der Waals surface area (Å²) in [5.74, 6) is 0.551. The van der Waals surface area contributed by atoms with E-state index in [9.17, 15) is 9.59 Å². The van der Waals surface area contributed by atoms with E-state index in [1.807, 2.05) is 45.0 Å². The zero-order chi connectivity index (χ0) is 21.8. The Balaban J connectivity index is 2.01. The van der Waals surface area contributed by atoms with Gasteiger partial charge in [0.25, 0.3) is 5.56 Å². The van der Waals surface area contributed by atoms with Crippen LogP contribution in [-0.2, 0) is 6.54 Å². The maximum atomic E-state index is 13.1. The first-order chi connectivity index (χ1) is 14.3. The normalized spacial score (nSPS) is 12.0. The highest BCUT2D eigenvalue weighted by Crippen LogP contribution is 2.23. The summed E-state index contributed by atoms with van der Waals surface area (Å²) in [5, 5.41) is 3.90. The Morgan fingerprint density at radius 3 is 2.70 bits per heavy atom. The van der Waals surface area contributed by atoms with Crippen LogP contribution in [0, 0.1) is 0 Å². The van der Waals surface area contributed by atoms with Gasteiger partial charge in [-0.05, 0) is 56.7 Å². The van der Waals surface area contributed by atoms with Crippen LogP contribution < -0.4 is 10.9 Å². The number of amides is 2. The fourth-order valence-corrected chi connectivity index (χ4v) is 4.02. The maximum Gasteiger partial charge on any atom is 0.322 e. The maximum absolute atomic E-state index is 13.1. The summed E-state index contributed by atoms with van der Waals surface area (Å²) in [6, 6.07) is 11.9. The molecule has 0 saturated heterocycles. The average molecular weight is 492 g/mol. The van der Waals surface area contributed by atoms with Gasteiger partial charge in [-0.25, -0.2) is 9.78 Å².